The molecule has 0 spiro atoms. The summed E-state index contributed by atoms with van der Waals surface area (Å²) in [6, 6.07) is 0. The van der Waals surface area contributed by atoms with Gasteiger partial charge in [0, 0.05) is 17.7 Å². The summed E-state index contributed by atoms with van der Waals surface area (Å²) >= 11 is 0. The summed E-state index contributed by atoms with van der Waals surface area (Å²) < 4.78 is 5.90. The first-order valence-corrected chi connectivity index (χ1v) is 7.15. The van der Waals surface area contributed by atoms with Gasteiger partial charge in [0.05, 0.1) is 23.3 Å². The van der Waals surface area contributed by atoms with Crippen LogP contribution in [0.2, 0.25) is 0 Å². The SMILES string of the molecule is CC(C)Cc1[nH]nc2c3c(nc(N)c12)CC(C)(C)OC3. The zero-order valence-electron chi connectivity index (χ0n) is 12.6. The summed E-state index contributed by atoms with van der Waals surface area (Å²) in [6.45, 7) is 9.07. The molecule has 3 N–H and O–H groups in total. The second-order valence-corrected chi connectivity index (χ2v) is 6.67. The van der Waals surface area contributed by atoms with E-state index in [4.69, 9.17) is 10.5 Å². The van der Waals surface area contributed by atoms with Crippen molar-refractivity contribution in [2.24, 2.45) is 5.92 Å². The van der Waals surface area contributed by atoms with E-state index in [1.165, 1.54) is 0 Å². The van der Waals surface area contributed by atoms with Gasteiger partial charge in [0.1, 0.15) is 11.3 Å². The molecule has 1 aliphatic rings. The number of aromatic amines is 1. The highest BCUT2D eigenvalue weighted by molar-refractivity contribution is 5.93. The minimum Gasteiger partial charge on any atom is -0.383 e. The number of ether oxygens (including phenoxy) is 1. The number of H-pyrrole nitrogens is 1. The maximum atomic E-state index is 6.18. The van der Waals surface area contributed by atoms with Gasteiger partial charge in [-0.25, -0.2) is 4.98 Å². The monoisotopic (exact) mass is 274 g/mol. The van der Waals surface area contributed by atoms with Gasteiger partial charge in [0.25, 0.3) is 0 Å². The normalized spacial score (nSPS) is 17.6. The molecular weight excluding hydrogens is 252 g/mol. The lowest BCUT2D eigenvalue weighted by molar-refractivity contribution is -0.0406. The van der Waals surface area contributed by atoms with E-state index >= 15 is 0 Å². The molecule has 108 valence electrons. The molecule has 2 aromatic heterocycles. The van der Waals surface area contributed by atoms with Crippen molar-refractivity contribution >= 4 is 16.7 Å². The lowest BCUT2D eigenvalue weighted by atomic mass is 9.94. The second kappa shape index (κ2) is 4.45. The maximum Gasteiger partial charge on any atom is 0.135 e. The number of anilines is 1. The quantitative estimate of drug-likeness (QED) is 0.882. The lowest BCUT2D eigenvalue weighted by Crippen LogP contribution is -2.32. The Bertz CT molecular complexity index is 657. The molecule has 5 heteroatoms. The highest BCUT2D eigenvalue weighted by atomic mass is 16.5. The number of hydrogen-bond donors (Lipinski definition) is 2. The largest absolute Gasteiger partial charge is 0.383 e. The molecule has 5 nitrogen and oxygen atoms in total. The first-order valence-electron chi connectivity index (χ1n) is 7.15. The topological polar surface area (TPSA) is 76.8 Å². The van der Waals surface area contributed by atoms with Crippen LogP contribution in [-0.4, -0.2) is 20.8 Å². The third-order valence-electron chi connectivity index (χ3n) is 3.80. The number of nitrogen functional groups attached to an aromatic ring is 1. The third-order valence-corrected chi connectivity index (χ3v) is 3.80. The number of fused-ring (bicyclic) bond motifs is 3. The van der Waals surface area contributed by atoms with E-state index < -0.39 is 0 Å². The second-order valence-electron chi connectivity index (χ2n) is 6.67. The number of rotatable bonds is 2. The first kappa shape index (κ1) is 13.4. The fourth-order valence-corrected chi connectivity index (χ4v) is 2.85. The maximum absolute atomic E-state index is 6.18. The molecule has 2 aromatic rings. The van der Waals surface area contributed by atoms with Gasteiger partial charge in [-0.15, -0.1) is 0 Å². The fourth-order valence-electron chi connectivity index (χ4n) is 2.85. The first-order chi connectivity index (χ1) is 9.37. The highest BCUT2D eigenvalue weighted by Crippen LogP contribution is 2.34. The van der Waals surface area contributed by atoms with E-state index in [1.807, 2.05) is 0 Å². The average Bonchev–Trinajstić information content (AvgIpc) is 2.71. The summed E-state index contributed by atoms with van der Waals surface area (Å²) in [7, 11) is 0. The molecule has 1 aliphatic heterocycles. The van der Waals surface area contributed by atoms with Crippen molar-refractivity contribution in [2.75, 3.05) is 5.73 Å². The Morgan fingerprint density at radius 3 is 2.85 bits per heavy atom. The average molecular weight is 274 g/mol. The van der Waals surface area contributed by atoms with Crippen LogP contribution >= 0.6 is 0 Å². The van der Waals surface area contributed by atoms with Gasteiger partial charge in [-0.3, -0.25) is 5.10 Å². The van der Waals surface area contributed by atoms with Gasteiger partial charge in [-0.05, 0) is 26.2 Å². The molecule has 3 heterocycles. The van der Waals surface area contributed by atoms with E-state index in [0.717, 1.165) is 40.7 Å². The summed E-state index contributed by atoms with van der Waals surface area (Å²) in [5.41, 5.74) is 10.1. The number of nitrogens with two attached hydrogens (primary N) is 1. The van der Waals surface area contributed by atoms with Gasteiger partial charge in [0.2, 0.25) is 0 Å². The van der Waals surface area contributed by atoms with Crippen LogP contribution in [0.25, 0.3) is 10.9 Å². The van der Waals surface area contributed by atoms with Crippen LogP contribution in [-0.2, 0) is 24.2 Å². The van der Waals surface area contributed by atoms with Crippen LogP contribution in [0.4, 0.5) is 5.82 Å². The Hall–Kier alpha value is -1.62. The Balaban J connectivity index is 2.15. The minimum absolute atomic E-state index is 0.183. The highest BCUT2D eigenvalue weighted by Gasteiger charge is 2.30. The van der Waals surface area contributed by atoms with Crippen LogP contribution < -0.4 is 5.73 Å². The van der Waals surface area contributed by atoms with Crippen LogP contribution in [0.15, 0.2) is 0 Å². The number of nitrogens with zero attached hydrogens (tertiary/aromatic N) is 2. The van der Waals surface area contributed by atoms with Crippen molar-refractivity contribution in [2.45, 2.75) is 52.7 Å². The summed E-state index contributed by atoms with van der Waals surface area (Å²) in [5, 5.41) is 8.57. The Labute approximate surface area is 118 Å². The van der Waals surface area contributed by atoms with Gasteiger partial charge < -0.3 is 10.5 Å². The summed E-state index contributed by atoms with van der Waals surface area (Å²) in [5.74, 6) is 1.13. The van der Waals surface area contributed by atoms with Crippen molar-refractivity contribution in [3.8, 4) is 0 Å². The van der Waals surface area contributed by atoms with Gasteiger partial charge >= 0.3 is 0 Å². The Morgan fingerprint density at radius 1 is 1.40 bits per heavy atom. The summed E-state index contributed by atoms with van der Waals surface area (Å²) in [4.78, 5) is 4.62. The zero-order chi connectivity index (χ0) is 14.5. The molecule has 0 saturated heterocycles. The number of aromatic nitrogens is 3. The van der Waals surface area contributed by atoms with E-state index in [0.29, 0.717) is 18.3 Å². The van der Waals surface area contributed by atoms with Crippen LogP contribution in [0, 0.1) is 5.92 Å². The standard InChI is InChI=1S/C15H22N4O/c1-8(2)5-10-12-13(19-18-10)9-7-20-15(3,4)6-11(9)17-14(12)16/h8H,5-7H2,1-4H3,(H2,16,17)(H,18,19). The third kappa shape index (κ3) is 2.16. The predicted molar refractivity (Wildman–Crippen MR) is 79.4 cm³/mol. The van der Waals surface area contributed by atoms with E-state index in [2.05, 4.69) is 42.9 Å². The summed E-state index contributed by atoms with van der Waals surface area (Å²) in [6.07, 6.45) is 1.70. The van der Waals surface area contributed by atoms with E-state index in [1.54, 1.807) is 0 Å². The molecule has 0 aliphatic carbocycles. The van der Waals surface area contributed by atoms with Crippen LogP contribution in [0.1, 0.15) is 44.6 Å². The molecule has 0 fully saturated rings. The van der Waals surface area contributed by atoms with Gasteiger partial charge in [-0.2, -0.15) is 5.10 Å². The molecule has 0 amide bonds. The van der Waals surface area contributed by atoms with Gasteiger partial charge in [0.15, 0.2) is 0 Å². The molecule has 20 heavy (non-hydrogen) atoms. The number of nitrogens with one attached hydrogen (secondary N) is 1. The molecule has 0 unspecified atom stereocenters. The lowest BCUT2D eigenvalue weighted by Gasteiger charge is -2.31. The fraction of sp³-hybridized carbons (Fsp3) is 0.600. The molecular formula is C15H22N4O. The van der Waals surface area contributed by atoms with Crippen LogP contribution in [0.5, 0.6) is 0 Å². The van der Waals surface area contributed by atoms with Crippen molar-refractivity contribution < 1.29 is 4.74 Å². The number of hydrogen-bond acceptors (Lipinski definition) is 4. The van der Waals surface area contributed by atoms with Crippen molar-refractivity contribution in [1.29, 1.82) is 0 Å². The predicted octanol–water partition coefficient (Wildman–Crippen LogP) is 2.59. The minimum atomic E-state index is -0.183. The zero-order valence-corrected chi connectivity index (χ0v) is 12.6. The van der Waals surface area contributed by atoms with Crippen LogP contribution in [0.3, 0.4) is 0 Å². The van der Waals surface area contributed by atoms with Crippen molar-refractivity contribution in [3.63, 3.8) is 0 Å². The Morgan fingerprint density at radius 2 is 2.15 bits per heavy atom. The molecule has 0 bridgehead atoms. The molecule has 0 atom stereocenters. The van der Waals surface area contributed by atoms with E-state index in [-0.39, 0.29) is 5.60 Å². The molecule has 0 aromatic carbocycles. The smallest absolute Gasteiger partial charge is 0.135 e. The molecule has 0 saturated carbocycles. The molecule has 0 radical (unpaired) electrons. The van der Waals surface area contributed by atoms with Crippen molar-refractivity contribution in [3.05, 3.63) is 17.0 Å². The molecule has 3 rings (SSSR count). The Kier molecular flexibility index (Phi) is 2.97. The number of pyridine rings is 1. The van der Waals surface area contributed by atoms with Gasteiger partial charge in [-0.1, -0.05) is 13.8 Å². The van der Waals surface area contributed by atoms with E-state index in [9.17, 15) is 0 Å². The van der Waals surface area contributed by atoms with Crippen molar-refractivity contribution in [1.82, 2.24) is 15.2 Å².